The molecule has 6 aliphatic heterocycles. The number of rotatable bonds is 10. The molecule has 1 spiro atoms. The van der Waals surface area contributed by atoms with Gasteiger partial charge in [0, 0.05) is 29.2 Å². The molecule has 6 aliphatic rings. The Kier molecular flexibility index (Phi) is 8.30. The third-order valence-electron chi connectivity index (χ3n) is 12.4. The SMILES string of the molecule is O=S(=O)(O)c1ccc(C2=C3C=CC4=[N+]3C35n6c2ccc6C(c2ccc(S(=O)(=O)O)cc2)=C2C=CC(=[N+]23)C(c2ccc(S(=O)(=O)O)cc2)=c2ccc(n25)=C4c2ccc(SOOO)cc2)cc1. The minimum absolute atomic E-state index is 0.274. The van der Waals surface area contributed by atoms with Gasteiger partial charge in [-0.1, -0.05) is 62.7 Å². The molecule has 4 N–H and O–H groups in total. The summed E-state index contributed by atoms with van der Waals surface area (Å²) >= 11 is 0.819. The summed E-state index contributed by atoms with van der Waals surface area (Å²) in [5, 5.41) is 14.2. The second kappa shape index (κ2) is 13.5. The smallest absolute Gasteiger partial charge is 0.282 e. The van der Waals surface area contributed by atoms with Crippen LogP contribution in [-0.2, 0) is 45.6 Å². The van der Waals surface area contributed by atoms with Crippen LogP contribution in [0.1, 0.15) is 33.6 Å². The molecule has 0 radical (unpaired) electrons. The average molecular weight is 945 g/mol. The molecule has 16 nitrogen and oxygen atoms in total. The van der Waals surface area contributed by atoms with Gasteiger partial charge in [-0.2, -0.15) is 34.4 Å². The van der Waals surface area contributed by atoms with Crippen molar-refractivity contribution < 1.29 is 62.7 Å². The van der Waals surface area contributed by atoms with Crippen molar-refractivity contribution in [3.63, 3.8) is 0 Å². The fourth-order valence-corrected chi connectivity index (χ4v) is 11.8. The second-order valence-corrected chi connectivity index (χ2v) is 20.6. The van der Waals surface area contributed by atoms with Crippen LogP contribution in [-0.4, -0.2) is 73.9 Å². The third kappa shape index (κ3) is 5.48. The van der Waals surface area contributed by atoms with Crippen molar-refractivity contribution in [2.75, 3.05) is 0 Å². The first-order valence-corrected chi connectivity index (χ1v) is 24.6. The summed E-state index contributed by atoms with van der Waals surface area (Å²) in [4.78, 5) is -0.190. The number of nitrogens with zero attached hydrogens (tertiary/aromatic N) is 4. The first-order valence-electron chi connectivity index (χ1n) is 19.5. The quantitative estimate of drug-likeness (QED) is 0.0487. The Morgan fingerprint density at radius 3 is 1.20 bits per heavy atom. The molecule has 1 unspecified atom stereocenters. The second-order valence-electron chi connectivity index (χ2n) is 15.6. The van der Waals surface area contributed by atoms with E-state index in [0.717, 1.165) is 79.2 Å². The Labute approximate surface area is 372 Å². The van der Waals surface area contributed by atoms with Crippen LogP contribution in [0.25, 0.3) is 22.3 Å². The summed E-state index contributed by atoms with van der Waals surface area (Å²) in [7, 11) is -13.6. The van der Waals surface area contributed by atoms with E-state index in [-0.39, 0.29) is 14.7 Å². The van der Waals surface area contributed by atoms with Gasteiger partial charge in [0.05, 0.1) is 71.1 Å². The molecule has 0 saturated heterocycles. The van der Waals surface area contributed by atoms with Crippen LogP contribution in [0.4, 0.5) is 0 Å². The molecule has 0 bridgehead atoms. The topological polar surface area (TPSA) is 218 Å². The molecule has 4 aromatic carbocycles. The van der Waals surface area contributed by atoms with E-state index in [0.29, 0.717) is 27.2 Å². The minimum atomic E-state index is -4.52. The average Bonchev–Trinajstić information content (AvgIpc) is 4.11. The standard InChI is InChI=1S/C45H26N4O12S4/c50-60-61-62-29-9-1-25(2-10-29)41-33-17-19-35-42(26-3-11-30(12-4-26)63(51,52)53)37-21-23-39-44(28-7-15-32(16-8-28)65(57,58)59)40-24-22-38-43(27-5-13-31(14-6-27)64(54,55)56)36-20-18-34(41)47(36)45(46(33)35,48(37)39)49(38)40/h1-24H,(H2-2,50,51,52,53,54,55,56,57,58,59)/p+2. The van der Waals surface area contributed by atoms with Crippen LogP contribution in [0.15, 0.2) is 177 Å². The minimum Gasteiger partial charge on any atom is -0.282 e. The maximum absolute atomic E-state index is 12.2. The molecule has 0 saturated carbocycles. The molecule has 0 amide bonds. The van der Waals surface area contributed by atoms with Crippen molar-refractivity contribution >= 4 is 76.1 Å². The molecule has 8 heterocycles. The molecule has 12 rings (SSSR count). The molecular formula is C45H28N4O12S4+2. The zero-order valence-electron chi connectivity index (χ0n) is 32.8. The Hall–Kier alpha value is -6.56. The van der Waals surface area contributed by atoms with Gasteiger partial charge in [-0.15, -0.1) is 4.33 Å². The number of allylic oxidation sites excluding steroid dienone is 4. The van der Waals surface area contributed by atoms with Gasteiger partial charge >= 0.3 is 5.91 Å². The van der Waals surface area contributed by atoms with Gasteiger partial charge in [0.15, 0.2) is 0 Å². The fourth-order valence-electron chi connectivity index (χ4n) is 10.0. The number of aromatic nitrogens is 2. The van der Waals surface area contributed by atoms with E-state index in [2.05, 4.69) is 23.3 Å². The normalized spacial score (nSPS) is 19.0. The lowest BCUT2D eigenvalue weighted by atomic mass is 9.93. The lowest BCUT2D eigenvalue weighted by Crippen LogP contribution is -2.71. The van der Waals surface area contributed by atoms with E-state index in [1.807, 2.05) is 72.8 Å². The van der Waals surface area contributed by atoms with Crippen molar-refractivity contribution in [3.05, 3.63) is 201 Å². The number of hydrogen-bond acceptors (Lipinski definition) is 10. The van der Waals surface area contributed by atoms with Gasteiger partial charge in [-0.3, -0.25) is 13.7 Å². The largest absolute Gasteiger partial charge is 0.553 e. The van der Waals surface area contributed by atoms with Gasteiger partial charge in [-0.25, -0.2) is 5.26 Å². The Morgan fingerprint density at radius 2 is 0.831 bits per heavy atom. The van der Waals surface area contributed by atoms with Crippen LogP contribution in [0.3, 0.4) is 0 Å². The zero-order valence-corrected chi connectivity index (χ0v) is 36.1. The highest BCUT2D eigenvalue weighted by molar-refractivity contribution is 7.94. The van der Waals surface area contributed by atoms with Crippen molar-refractivity contribution in [1.29, 1.82) is 0 Å². The Bertz CT molecular complexity index is 3880. The van der Waals surface area contributed by atoms with Crippen molar-refractivity contribution in [3.8, 4) is 0 Å². The summed E-state index contributed by atoms with van der Waals surface area (Å²) in [6, 6.07) is 33.4. The van der Waals surface area contributed by atoms with E-state index in [4.69, 9.17) is 9.59 Å². The van der Waals surface area contributed by atoms with Crippen molar-refractivity contribution in [1.82, 2.24) is 9.13 Å². The van der Waals surface area contributed by atoms with Crippen LogP contribution < -0.4 is 10.7 Å². The van der Waals surface area contributed by atoms with Crippen molar-refractivity contribution in [2.45, 2.75) is 25.5 Å². The Balaban J connectivity index is 1.24. The van der Waals surface area contributed by atoms with Gasteiger partial charge in [-0.05, 0) is 95.1 Å². The summed E-state index contributed by atoms with van der Waals surface area (Å²) in [6.07, 6.45) is 8.01. The number of hydrogen-bond donors (Lipinski definition) is 4. The highest BCUT2D eigenvalue weighted by Crippen LogP contribution is 2.53. The summed E-state index contributed by atoms with van der Waals surface area (Å²) < 4.78 is 117. The first-order chi connectivity index (χ1) is 31.1. The molecule has 2 aromatic heterocycles. The highest BCUT2D eigenvalue weighted by atomic mass is 32.2. The van der Waals surface area contributed by atoms with Crippen LogP contribution in [0, 0.1) is 0 Å². The molecule has 20 heteroatoms. The maximum atomic E-state index is 12.2. The van der Waals surface area contributed by atoms with Crippen molar-refractivity contribution in [2.24, 2.45) is 0 Å². The molecule has 0 aliphatic carbocycles. The van der Waals surface area contributed by atoms with Gasteiger partial charge < -0.3 is 0 Å². The summed E-state index contributed by atoms with van der Waals surface area (Å²) in [6.45, 7) is 0. The van der Waals surface area contributed by atoms with E-state index < -0.39 is 36.3 Å². The molecule has 6 aromatic rings. The molecule has 65 heavy (non-hydrogen) atoms. The van der Waals surface area contributed by atoms with Crippen LogP contribution in [0.5, 0.6) is 0 Å². The maximum Gasteiger partial charge on any atom is 0.553 e. The van der Waals surface area contributed by atoms with Gasteiger partial charge in [0.2, 0.25) is 22.8 Å². The van der Waals surface area contributed by atoms with E-state index in [1.54, 1.807) is 36.4 Å². The van der Waals surface area contributed by atoms with Crippen LogP contribution >= 0.6 is 12.0 Å². The lowest BCUT2D eigenvalue weighted by Gasteiger charge is -2.41. The third-order valence-corrected chi connectivity index (χ3v) is 15.6. The Morgan fingerprint density at radius 1 is 0.462 bits per heavy atom. The highest BCUT2D eigenvalue weighted by Gasteiger charge is 2.73. The van der Waals surface area contributed by atoms with Gasteiger partial charge in [0.1, 0.15) is 0 Å². The molecule has 0 fully saturated rings. The lowest BCUT2D eigenvalue weighted by molar-refractivity contribution is -0.834. The molecule has 1 atom stereocenters. The summed E-state index contributed by atoms with van der Waals surface area (Å²) in [5.74, 6) is -1.29. The number of benzene rings is 4. The van der Waals surface area contributed by atoms with E-state index >= 15 is 0 Å². The fraction of sp³-hybridized carbons (Fsp3) is 0.0222. The molecular weight excluding hydrogens is 917 g/mol. The van der Waals surface area contributed by atoms with E-state index in [9.17, 15) is 38.9 Å². The predicted octanol–water partition coefficient (Wildman–Crippen LogP) is 4.59. The van der Waals surface area contributed by atoms with Crippen LogP contribution in [0.2, 0.25) is 0 Å². The van der Waals surface area contributed by atoms with E-state index in [1.165, 1.54) is 36.4 Å². The predicted molar refractivity (Wildman–Crippen MR) is 233 cm³/mol. The summed E-state index contributed by atoms with van der Waals surface area (Å²) in [5.41, 5.74) is 10.2. The zero-order chi connectivity index (χ0) is 44.9. The molecule has 322 valence electrons. The monoisotopic (exact) mass is 944 g/mol. The first kappa shape index (κ1) is 40.0. The van der Waals surface area contributed by atoms with Gasteiger partial charge in [0.25, 0.3) is 30.4 Å².